The van der Waals surface area contributed by atoms with Gasteiger partial charge in [0.25, 0.3) is 0 Å². The van der Waals surface area contributed by atoms with E-state index in [1.165, 1.54) is 19.3 Å². The Labute approximate surface area is 126 Å². The van der Waals surface area contributed by atoms with E-state index in [-0.39, 0.29) is 5.91 Å². The van der Waals surface area contributed by atoms with Crippen LogP contribution < -0.4 is 15.8 Å². The van der Waals surface area contributed by atoms with Crippen LogP contribution in [0.1, 0.15) is 44.9 Å². The molecule has 1 aromatic carbocycles. The molecular formula is C17H24N2O2. The average Bonchev–Trinajstić information content (AvgIpc) is 3.31. The van der Waals surface area contributed by atoms with Crippen LogP contribution in [0.4, 0.5) is 5.69 Å². The first-order chi connectivity index (χ1) is 10.2. The van der Waals surface area contributed by atoms with E-state index >= 15 is 0 Å². The van der Waals surface area contributed by atoms with E-state index in [9.17, 15) is 4.79 Å². The molecule has 4 nitrogen and oxygen atoms in total. The lowest BCUT2D eigenvalue weighted by molar-refractivity contribution is -0.122. The molecule has 3 rings (SSSR count). The second-order valence-corrected chi connectivity index (χ2v) is 6.45. The van der Waals surface area contributed by atoms with Crippen LogP contribution in [0.5, 0.6) is 5.75 Å². The first-order valence-electron chi connectivity index (χ1n) is 7.99. The van der Waals surface area contributed by atoms with Crippen molar-refractivity contribution in [2.75, 3.05) is 11.9 Å². The quantitative estimate of drug-likeness (QED) is 0.875. The summed E-state index contributed by atoms with van der Waals surface area (Å²) in [5, 5.41) is 2.94. The van der Waals surface area contributed by atoms with Gasteiger partial charge in [-0.15, -0.1) is 0 Å². The van der Waals surface area contributed by atoms with E-state index in [0.717, 1.165) is 49.6 Å². The Kier molecular flexibility index (Phi) is 4.15. The van der Waals surface area contributed by atoms with Crippen LogP contribution in [0.2, 0.25) is 0 Å². The summed E-state index contributed by atoms with van der Waals surface area (Å²) in [6.45, 7) is 0.803. The van der Waals surface area contributed by atoms with E-state index in [4.69, 9.17) is 10.5 Å². The Balaban J connectivity index is 1.55. The number of hydrogen-bond acceptors (Lipinski definition) is 3. The Morgan fingerprint density at radius 3 is 2.48 bits per heavy atom. The van der Waals surface area contributed by atoms with Crippen LogP contribution in [0.25, 0.3) is 0 Å². The SMILES string of the molecule is NC1(C(=O)Nc2ccc(OCC3CC3)cc2)CCCCC1. The maximum Gasteiger partial charge on any atom is 0.244 e. The van der Waals surface area contributed by atoms with Crippen molar-refractivity contribution in [2.45, 2.75) is 50.5 Å². The van der Waals surface area contributed by atoms with Crippen LogP contribution in [-0.2, 0) is 4.79 Å². The number of carbonyl (C=O) groups is 1. The molecule has 0 atom stereocenters. The number of carbonyl (C=O) groups excluding carboxylic acids is 1. The fourth-order valence-electron chi connectivity index (χ4n) is 2.80. The molecule has 0 heterocycles. The summed E-state index contributed by atoms with van der Waals surface area (Å²) in [4.78, 5) is 12.3. The number of hydrogen-bond donors (Lipinski definition) is 2. The Hall–Kier alpha value is -1.55. The average molecular weight is 288 g/mol. The molecule has 2 aliphatic carbocycles. The van der Waals surface area contributed by atoms with E-state index < -0.39 is 5.54 Å². The summed E-state index contributed by atoms with van der Waals surface area (Å²) in [6.07, 6.45) is 7.39. The van der Waals surface area contributed by atoms with Crippen molar-refractivity contribution in [1.82, 2.24) is 0 Å². The van der Waals surface area contributed by atoms with Crippen LogP contribution >= 0.6 is 0 Å². The molecule has 0 saturated heterocycles. The van der Waals surface area contributed by atoms with Crippen molar-refractivity contribution >= 4 is 11.6 Å². The third kappa shape index (κ3) is 3.76. The lowest BCUT2D eigenvalue weighted by Gasteiger charge is -2.31. The molecule has 1 amide bonds. The fourth-order valence-corrected chi connectivity index (χ4v) is 2.80. The zero-order chi connectivity index (χ0) is 14.7. The van der Waals surface area contributed by atoms with E-state index in [1.54, 1.807) is 0 Å². The van der Waals surface area contributed by atoms with Crippen molar-refractivity contribution in [2.24, 2.45) is 11.7 Å². The van der Waals surface area contributed by atoms with Gasteiger partial charge in [-0.3, -0.25) is 4.79 Å². The number of amides is 1. The topological polar surface area (TPSA) is 64.4 Å². The molecule has 0 aliphatic heterocycles. The molecule has 2 fully saturated rings. The van der Waals surface area contributed by atoms with Gasteiger partial charge in [-0.05, 0) is 55.9 Å². The Morgan fingerprint density at radius 1 is 1.19 bits per heavy atom. The second-order valence-electron chi connectivity index (χ2n) is 6.45. The maximum atomic E-state index is 12.3. The molecule has 114 valence electrons. The Morgan fingerprint density at radius 2 is 1.86 bits per heavy atom. The predicted octanol–water partition coefficient (Wildman–Crippen LogP) is 3.08. The van der Waals surface area contributed by atoms with Gasteiger partial charge >= 0.3 is 0 Å². The van der Waals surface area contributed by atoms with Crippen molar-refractivity contribution in [3.63, 3.8) is 0 Å². The molecule has 2 saturated carbocycles. The smallest absolute Gasteiger partial charge is 0.244 e. The normalized spacial score (nSPS) is 20.8. The zero-order valence-corrected chi connectivity index (χ0v) is 12.4. The van der Waals surface area contributed by atoms with Gasteiger partial charge in [-0.2, -0.15) is 0 Å². The molecular weight excluding hydrogens is 264 g/mol. The summed E-state index contributed by atoms with van der Waals surface area (Å²) in [5.41, 5.74) is 6.32. The number of rotatable bonds is 5. The van der Waals surface area contributed by atoms with E-state index in [1.807, 2.05) is 24.3 Å². The van der Waals surface area contributed by atoms with Gasteiger partial charge in [0, 0.05) is 5.69 Å². The van der Waals surface area contributed by atoms with E-state index in [0.29, 0.717) is 0 Å². The van der Waals surface area contributed by atoms with Gasteiger partial charge in [0.2, 0.25) is 5.91 Å². The van der Waals surface area contributed by atoms with Gasteiger partial charge in [-0.25, -0.2) is 0 Å². The number of benzene rings is 1. The number of anilines is 1. The molecule has 4 heteroatoms. The van der Waals surface area contributed by atoms with Crippen LogP contribution in [0, 0.1) is 5.92 Å². The summed E-state index contributed by atoms with van der Waals surface area (Å²) in [6, 6.07) is 7.57. The minimum Gasteiger partial charge on any atom is -0.493 e. The first-order valence-corrected chi connectivity index (χ1v) is 7.99. The van der Waals surface area contributed by atoms with Gasteiger partial charge in [0.15, 0.2) is 0 Å². The molecule has 1 aromatic rings. The minimum atomic E-state index is -0.695. The standard InChI is InChI=1S/C17H24N2O2/c18-17(10-2-1-3-11-17)16(20)19-14-6-8-15(9-7-14)21-12-13-4-5-13/h6-9,13H,1-5,10-12,18H2,(H,19,20). The van der Waals surface area contributed by atoms with Crippen molar-refractivity contribution in [1.29, 1.82) is 0 Å². The van der Waals surface area contributed by atoms with Gasteiger partial charge in [0.1, 0.15) is 5.75 Å². The predicted molar refractivity (Wildman–Crippen MR) is 83.3 cm³/mol. The lowest BCUT2D eigenvalue weighted by atomic mass is 9.82. The third-order valence-electron chi connectivity index (χ3n) is 4.49. The maximum absolute atomic E-state index is 12.3. The molecule has 0 spiro atoms. The summed E-state index contributed by atoms with van der Waals surface area (Å²) in [5.74, 6) is 1.54. The summed E-state index contributed by atoms with van der Waals surface area (Å²) >= 11 is 0. The van der Waals surface area contributed by atoms with Gasteiger partial charge < -0.3 is 15.8 Å². The first kappa shape index (κ1) is 14.4. The number of nitrogens with one attached hydrogen (secondary N) is 1. The molecule has 0 aromatic heterocycles. The summed E-state index contributed by atoms with van der Waals surface area (Å²) < 4.78 is 5.69. The zero-order valence-electron chi connectivity index (χ0n) is 12.4. The minimum absolute atomic E-state index is 0.0613. The fraction of sp³-hybridized carbons (Fsp3) is 0.588. The lowest BCUT2D eigenvalue weighted by Crippen LogP contribution is -2.52. The highest BCUT2D eigenvalue weighted by Crippen LogP contribution is 2.30. The molecule has 0 unspecified atom stereocenters. The highest BCUT2D eigenvalue weighted by molar-refractivity contribution is 5.98. The van der Waals surface area contributed by atoms with Crippen molar-refractivity contribution in [3.05, 3.63) is 24.3 Å². The highest BCUT2D eigenvalue weighted by Gasteiger charge is 2.35. The second kappa shape index (κ2) is 6.06. The largest absolute Gasteiger partial charge is 0.493 e. The van der Waals surface area contributed by atoms with Crippen molar-refractivity contribution in [3.8, 4) is 5.75 Å². The van der Waals surface area contributed by atoms with Gasteiger partial charge in [-0.1, -0.05) is 19.3 Å². The summed E-state index contributed by atoms with van der Waals surface area (Å²) in [7, 11) is 0. The van der Waals surface area contributed by atoms with Crippen molar-refractivity contribution < 1.29 is 9.53 Å². The molecule has 0 bridgehead atoms. The molecule has 2 aliphatic rings. The van der Waals surface area contributed by atoms with Crippen LogP contribution in [-0.4, -0.2) is 18.1 Å². The van der Waals surface area contributed by atoms with Crippen LogP contribution in [0.3, 0.4) is 0 Å². The van der Waals surface area contributed by atoms with E-state index in [2.05, 4.69) is 5.32 Å². The Bertz CT molecular complexity index is 488. The molecule has 3 N–H and O–H groups in total. The third-order valence-corrected chi connectivity index (χ3v) is 4.49. The molecule has 21 heavy (non-hydrogen) atoms. The number of ether oxygens (including phenoxy) is 1. The van der Waals surface area contributed by atoms with Gasteiger partial charge in [0.05, 0.1) is 12.1 Å². The number of nitrogens with two attached hydrogens (primary N) is 1. The monoisotopic (exact) mass is 288 g/mol. The van der Waals surface area contributed by atoms with Crippen LogP contribution in [0.15, 0.2) is 24.3 Å². The molecule has 0 radical (unpaired) electrons. The highest BCUT2D eigenvalue weighted by atomic mass is 16.5.